The summed E-state index contributed by atoms with van der Waals surface area (Å²) in [5, 5.41) is 12.7. The molecule has 4 rings (SSSR count). The molecule has 4 N–H and O–H groups in total. The minimum absolute atomic E-state index is 0.00670. The van der Waals surface area contributed by atoms with Gasteiger partial charge in [-0.15, -0.1) is 0 Å². The first-order chi connectivity index (χ1) is 22.4. The Bertz CT molecular complexity index is 1840. The lowest BCUT2D eigenvalue weighted by Gasteiger charge is -2.23. The van der Waals surface area contributed by atoms with Gasteiger partial charge in [0, 0.05) is 16.8 Å². The predicted octanol–water partition coefficient (Wildman–Crippen LogP) is 4.16. The van der Waals surface area contributed by atoms with Crippen molar-refractivity contribution in [3.05, 3.63) is 136 Å². The van der Waals surface area contributed by atoms with Crippen LogP contribution in [0.3, 0.4) is 0 Å². The normalized spacial score (nSPS) is 11.7. The van der Waals surface area contributed by atoms with Gasteiger partial charge in [-0.1, -0.05) is 53.1 Å². The lowest BCUT2D eigenvalue weighted by molar-refractivity contribution is -0.159. The molecule has 0 aliphatic rings. The summed E-state index contributed by atoms with van der Waals surface area (Å²) in [6.45, 7) is 5.28. The first-order valence-corrected chi connectivity index (χ1v) is 14.3. The molecule has 0 fully saturated rings. The molecule has 12 heteroatoms. The number of hydrogen-bond donors (Lipinski definition) is 4. The van der Waals surface area contributed by atoms with Gasteiger partial charge < -0.3 is 19.9 Å². The van der Waals surface area contributed by atoms with Crippen LogP contribution in [0.5, 0.6) is 0 Å². The Balaban J connectivity index is 1.48. The third-order valence-corrected chi connectivity index (χ3v) is 6.74. The van der Waals surface area contributed by atoms with Gasteiger partial charge in [0.1, 0.15) is 0 Å². The molecule has 0 bridgehead atoms. The smallest absolute Gasteiger partial charge is 0.349 e. The predicted molar refractivity (Wildman–Crippen MR) is 170 cm³/mol. The molecule has 0 radical (unpaired) electrons. The molecular weight excluding hydrogens is 606 g/mol. The van der Waals surface area contributed by atoms with E-state index in [9.17, 15) is 33.9 Å². The molecule has 0 aliphatic carbocycles. The summed E-state index contributed by atoms with van der Waals surface area (Å²) >= 11 is 0. The summed E-state index contributed by atoms with van der Waals surface area (Å²) in [6.07, 6.45) is -4.50. The average Bonchev–Trinajstić information content (AvgIpc) is 3.05. The number of aryl methyl sites for hydroxylation is 3. The van der Waals surface area contributed by atoms with E-state index >= 15 is 0 Å². The monoisotopic (exact) mass is 637 g/mol. The van der Waals surface area contributed by atoms with Gasteiger partial charge in [-0.05, 0) is 81.4 Å². The molecule has 240 valence electrons. The fraction of sp³-hybridized carbons (Fsp3) is 0.143. The summed E-state index contributed by atoms with van der Waals surface area (Å²) in [6, 6.07) is 25.0. The molecule has 0 saturated heterocycles. The van der Waals surface area contributed by atoms with Crippen molar-refractivity contribution < 1.29 is 43.3 Å². The Morgan fingerprint density at radius 2 is 1.02 bits per heavy atom. The number of carbonyl (C=O) groups is 6. The quantitative estimate of drug-likeness (QED) is 0.147. The standard InChI is InChI=1S/C35H31N3O9/c1-20-7-4-10-24(17-20)30(39)36-27-15-13-23(14-16-27)31(40)37-38-32(41)28(46-34(44)25-11-5-8-21(2)18-25)29(33(42)43)47-35(45)26-12-6-9-22(3)19-26/h4-19,28-29H,1-3H3,(H,36,39)(H,37,40)(H,38,41)(H,42,43)/t28-,29-/m0/s1. The lowest BCUT2D eigenvalue weighted by atomic mass is 10.1. The average molecular weight is 638 g/mol. The number of carbonyl (C=O) groups excluding carboxylic acids is 5. The van der Waals surface area contributed by atoms with Crippen LogP contribution in [0.25, 0.3) is 0 Å². The summed E-state index contributed by atoms with van der Waals surface area (Å²) in [4.78, 5) is 76.7. The number of aliphatic carboxylic acids is 1. The lowest BCUT2D eigenvalue weighted by Crippen LogP contribution is -2.54. The number of ether oxygens (including phenoxy) is 2. The van der Waals surface area contributed by atoms with Crippen LogP contribution in [-0.2, 0) is 19.1 Å². The van der Waals surface area contributed by atoms with Crippen LogP contribution in [0.1, 0.15) is 58.1 Å². The summed E-state index contributed by atoms with van der Waals surface area (Å²) in [5.41, 5.74) is 7.40. The highest BCUT2D eigenvalue weighted by atomic mass is 16.6. The van der Waals surface area contributed by atoms with Crippen molar-refractivity contribution in [2.24, 2.45) is 0 Å². The number of carboxylic acids is 1. The number of amides is 3. The van der Waals surface area contributed by atoms with Crippen LogP contribution in [-0.4, -0.2) is 52.9 Å². The van der Waals surface area contributed by atoms with Crippen LogP contribution in [0.4, 0.5) is 5.69 Å². The number of hydrogen-bond acceptors (Lipinski definition) is 8. The minimum Gasteiger partial charge on any atom is -0.478 e. The highest BCUT2D eigenvalue weighted by Gasteiger charge is 2.41. The molecule has 2 atom stereocenters. The van der Waals surface area contributed by atoms with Crippen LogP contribution in [0.2, 0.25) is 0 Å². The number of benzene rings is 4. The zero-order chi connectivity index (χ0) is 34.1. The van der Waals surface area contributed by atoms with Gasteiger partial charge in [0.2, 0.25) is 12.2 Å². The summed E-state index contributed by atoms with van der Waals surface area (Å²) in [5.74, 6) is -6.38. The van der Waals surface area contributed by atoms with Gasteiger partial charge in [0.25, 0.3) is 17.7 Å². The Hall–Kier alpha value is -6.30. The van der Waals surface area contributed by atoms with E-state index in [1.165, 1.54) is 48.5 Å². The van der Waals surface area contributed by atoms with Crippen molar-refractivity contribution in [3.8, 4) is 0 Å². The van der Waals surface area contributed by atoms with E-state index in [2.05, 4.69) is 10.7 Å². The number of rotatable bonds is 10. The summed E-state index contributed by atoms with van der Waals surface area (Å²) in [7, 11) is 0. The molecule has 0 unspecified atom stereocenters. The van der Waals surface area contributed by atoms with E-state index < -0.39 is 41.9 Å². The van der Waals surface area contributed by atoms with Gasteiger partial charge >= 0.3 is 17.9 Å². The van der Waals surface area contributed by atoms with E-state index in [1.807, 2.05) is 18.4 Å². The maximum atomic E-state index is 13.3. The van der Waals surface area contributed by atoms with Crippen molar-refractivity contribution in [3.63, 3.8) is 0 Å². The van der Waals surface area contributed by atoms with Gasteiger partial charge in [-0.25, -0.2) is 14.4 Å². The zero-order valence-corrected chi connectivity index (χ0v) is 25.6. The highest BCUT2D eigenvalue weighted by molar-refractivity contribution is 6.05. The number of anilines is 1. The van der Waals surface area contributed by atoms with Crippen molar-refractivity contribution in [1.82, 2.24) is 10.9 Å². The molecule has 0 saturated carbocycles. The van der Waals surface area contributed by atoms with E-state index in [-0.39, 0.29) is 22.6 Å². The second-order valence-electron chi connectivity index (χ2n) is 10.6. The molecule has 0 heterocycles. The Kier molecular flexibility index (Phi) is 10.8. The van der Waals surface area contributed by atoms with E-state index in [4.69, 9.17) is 9.47 Å². The Morgan fingerprint density at radius 1 is 0.553 bits per heavy atom. The third kappa shape index (κ3) is 9.11. The first-order valence-electron chi connectivity index (χ1n) is 14.3. The highest BCUT2D eigenvalue weighted by Crippen LogP contribution is 2.16. The molecule has 3 amide bonds. The third-order valence-electron chi connectivity index (χ3n) is 6.74. The first kappa shape index (κ1) is 33.6. The van der Waals surface area contributed by atoms with E-state index in [0.29, 0.717) is 22.4 Å². The van der Waals surface area contributed by atoms with Gasteiger partial charge in [-0.2, -0.15) is 0 Å². The SMILES string of the molecule is Cc1cccc(C(=O)Nc2ccc(C(=O)NNC(=O)[C@@H](OC(=O)c3cccc(C)c3)[C@H](OC(=O)c3cccc(C)c3)C(=O)O)cc2)c1. The van der Waals surface area contributed by atoms with Crippen molar-refractivity contribution >= 4 is 41.3 Å². The number of hydrazine groups is 1. The van der Waals surface area contributed by atoms with Crippen LogP contribution >= 0.6 is 0 Å². The van der Waals surface area contributed by atoms with Gasteiger partial charge in [0.05, 0.1) is 11.1 Å². The molecule has 4 aromatic carbocycles. The van der Waals surface area contributed by atoms with Crippen molar-refractivity contribution in [2.45, 2.75) is 33.0 Å². The molecule has 47 heavy (non-hydrogen) atoms. The van der Waals surface area contributed by atoms with Gasteiger partial charge in [0.15, 0.2) is 0 Å². The van der Waals surface area contributed by atoms with E-state index in [1.54, 1.807) is 56.3 Å². The van der Waals surface area contributed by atoms with Crippen molar-refractivity contribution in [2.75, 3.05) is 5.32 Å². The van der Waals surface area contributed by atoms with Crippen LogP contribution in [0, 0.1) is 20.8 Å². The largest absolute Gasteiger partial charge is 0.478 e. The minimum atomic E-state index is -2.29. The zero-order valence-electron chi connectivity index (χ0n) is 25.6. The molecular formula is C35H31N3O9. The van der Waals surface area contributed by atoms with Crippen LogP contribution < -0.4 is 16.2 Å². The Morgan fingerprint density at radius 3 is 1.51 bits per heavy atom. The number of carboxylic acid groups (broad SMARTS) is 1. The maximum absolute atomic E-state index is 13.3. The molecule has 0 spiro atoms. The van der Waals surface area contributed by atoms with Crippen LogP contribution in [0.15, 0.2) is 97.1 Å². The second kappa shape index (κ2) is 15.1. The summed E-state index contributed by atoms with van der Waals surface area (Å²) < 4.78 is 10.4. The van der Waals surface area contributed by atoms with Gasteiger partial charge in [-0.3, -0.25) is 25.2 Å². The topological polar surface area (TPSA) is 177 Å². The molecule has 0 aliphatic heterocycles. The molecule has 12 nitrogen and oxygen atoms in total. The molecule has 0 aromatic heterocycles. The van der Waals surface area contributed by atoms with E-state index in [0.717, 1.165) is 5.56 Å². The Labute approximate surface area is 269 Å². The number of nitrogens with one attached hydrogen (secondary N) is 3. The fourth-order valence-electron chi connectivity index (χ4n) is 4.36. The molecule has 4 aromatic rings. The fourth-order valence-corrected chi connectivity index (χ4v) is 4.36. The second-order valence-corrected chi connectivity index (χ2v) is 10.6. The number of esters is 2. The maximum Gasteiger partial charge on any atom is 0.349 e. The van der Waals surface area contributed by atoms with Crippen molar-refractivity contribution in [1.29, 1.82) is 0 Å².